The molecule has 0 bridgehead atoms. The summed E-state index contributed by atoms with van der Waals surface area (Å²) in [5.74, 6) is 0. The van der Waals surface area contributed by atoms with Crippen LogP contribution in [0.15, 0.2) is 54.3 Å². The Balaban J connectivity index is 2.09. The number of aromatic nitrogens is 1. The Morgan fingerprint density at radius 1 is 1.37 bits per heavy atom. The molecule has 1 aromatic heterocycles. The Morgan fingerprint density at radius 2 is 2.21 bits per heavy atom. The Hall–Kier alpha value is -2.27. The normalized spacial score (nSPS) is 10.5. The molecule has 1 heterocycles. The van der Waals surface area contributed by atoms with Crippen molar-refractivity contribution in [3.05, 3.63) is 54.7 Å². The van der Waals surface area contributed by atoms with E-state index in [4.69, 9.17) is 12.2 Å². The Labute approximate surface area is 117 Å². The van der Waals surface area contributed by atoms with Crippen LogP contribution in [-0.2, 0) is 0 Å². The zero-order valence-corrected chi connectivity index (χ0v) is 11.2. The number of fused-ring (bicyclic) bond motifs is 1. The van der Waals surface area contributed by atoms with Gasteiger partial charge in [-0.2, -0.15) is 5.10 Å². The standard InChI is InChI=1S/C14H14N4S/c1-2-8-16-14(19)18-17-10-11-7-9-15-13-6-4-3-5-12(11)13/h2-7,9-10H,1,8H2,(H2,16,18,19)/b17-10+. The van der Waals surface area contributed by atoms with Crippen molar-refractivity contribution in [2.75, 3.05) is 6.54 Å². The number of nitrogens with one attached hydrogen (secondary N) is 2. The van der Waals surface area contributed by atoms with Crippen LogP contribution in [0.25, 0.3) is 10.9 Å². The predicted octanol–water partition coefficient (Wildman–Crippen LogP) is 2.22. The Morgan fingerprint density at radius 3 is 3.05 bits per heavy atom. The van der Waals surface area contributed by atoms with E-state index in [-0.39, 0.29) is 0 Å². The lowest BCUT2D eigenvalue weighted by atomic mass is 10.1. The second kappa shape index (κ2) is 6.61. The summed E-state index contributed by atoms with van der Waals surface area (Å²) in [5, 5.41) is 8.56. The number of benzene rings is 1. The van der Waals surface area contributed by atoms with Gasteiger partial charge < -0.3 is 5.32 Å². The highest BCUT2D eigenvalue weighted by Crippen LogP contribution is 2.13. The fraction of sp³-hybridized carbons (Fsp3) is 0.0714. The van der Waals surface area contributed by atoms with Gasteiger partial charge >= 0.3 is 0 Å². The SMILES string of the molecule is C=CCNC(=S)N/N=C/c1ccnc2ccccc12. The van der Waals surface area contributed by atoms with Crippen molar-refractivity contribution in [1.82, 2.24) is 15.7 Å². The molecule has 0 aliphatic carbocycles. The molecule has 4 nitrogen and oxygen atoms in total. The zero-order chi connectivity index (χ0) is 13.5. The van der Waals surface area contributed by atoms with Crippen LogP contribution in [0.3, 0.4) is 0 Å². The second-order valence-electron chi connectivity index (χ2n) is 3.79. The minimum absolute atomic E-state index is 0.467. The average molecular weight is 270 g/mol. The number of hydrogen-bond donors (Lipinski definition) is 2. The summed E-state index contributed by atoms with van der Waals surface area (Å²) in [4.78, 5) is 4.29. The summed E-state index contributed by atoms with van der Waals surface area (Å²) >= 11 is 5.03. The molecule has 0 aliphatic rings. The lowest BCUT2D eigenvalue weighted by Crippen LogP contribution is -2.31. The molecule has 2 rings (SSSR count). The van der Waals surface area contributed by atoms with Crippen LogP contribution >= 0.6 is 12.2 Å². The maximum atomic E-state index is 5.03. The summed E-state index contributed by atoms with van der Waals surface area (Å²) in [5.41, 5.74) is 4.69. The molecule has 0 atom stereocenters. The summed E-state index contributed by atoms with van der Waals surface area (Å²) in [6, 6.07) is 9.83. The van der Waals surface area contributed by atoms with Crippen LogP contribution in [0.1, 0.15) is 5.56 Å². The topological polar surface area (TPSA) is 49.3 Å². The van der Waals surface area contributed by atoms with Gasteiger partial charge in [-0.1, -0.05) is 24.3 Å². The van der Waals surface area contributed by atoms with E-state index in [0.717, 1.165) is 16.5 Å². The molecule has 0 spiro atoms. The molecular weight excluding hydrogens is 256 g/mol. The monoisotopic (exact) mass is 270 g/mol. The molecule has 19 heavy (non-hydrogen) atoms. The fourth-order valence-electron chi connectivity index (χ4n) is 1.60. The first-order valence-corrected chi connectivity index (χ1v) is 6.23. The lowest BCUT2D eigenvalue weighted by Gasteiger charge is -2.04. The van der Waals surface area contributed by atoms with Crippen LogP contribution in [0.5, 0.6) is 0 Å². The third-order valence-electron chi connectivity index (χ3n) is 2.46. The molecule has 2 N–H and O–H groups in total. The van der Waals surface area contributed by atoms with Gasteiger partial charge in [0.1, 0.15) is 0 Å². The van der Waals surface area contributed by atoms with Crippen molar-refractivity contribution in [2.24, 2.45) is 5.10 Å². The first-order valence-electron chi connectivity index (χ1n) is 5.83. The first kappa shape index (κ1) is 13.2. The van der Waals surface area contributed by atoms with Crippen molar-refractivity contribution >= 4 is 34.4 Å². The van der Waals surface area contributed by atoms with Crippen LogP contribution in [0.2, 0.25) is 0 Å². The lowest BCUT2D eigenvalue weighted by molar-refractivity contribution is 0.942. The van der Waals surface area contributed by atoms with E-state index >= 15 is 0 Å². The van der Waals surface area contributed by atoms with Crippen LogP contribution in [0, 0.1) is 0 Å². The van der Waals surface area contributed by atoms with Gasteiger partial charge in [0.15, 0.2) is 5.11 Å². The van der Waals surface area contributed by atoms with Crippen molar-refractivity contribution in [3.63, 3.8) is 0 Å². The first-order chi connectivity index (χ1) is 9.31. The van der Waals surface area contributed by atoms with Gasteiger partial charge in [-0.25, -0.2) is 0 Å². The molecule has 0 amide bonds. The Bertz CT molecular complexity index is 616. The van der Waals surface area contributed by atoms with Gasteiger partial charge in [-0.3, -0.25) is 10.4 Å². The van der Waals surface area contributed by atoms with E-state index in [9.17, 15) is 0 Å². The second-order valence-corrected chi connectivity index (χ2v) is 4.19. The molecule has 2 aromatic rings. The van der Waals surface area contributed by atoms with Gasteiger partial charge in [0.25, 0.3) is 0 Å². The van der Waals surface area contributed by atoms with E-state index in [2.05, 4.69) is 27.4 Å². The maximum absolute atomic E-state index is 5.03. The number of hydrogen-bond acceptors (Lipinski definition) is 3. The smallest absolute Gasteiger partial charge is 0.187 e. The molecule has 0 saturated heterocycles. The van der Waals surface area contributed by atoms with Crippen molar-refractivity contribution in [1.29, 1.82) is 0 Å². The molecule has 0 saturated carbocycles. The van der Waals surface area contributed by atoms with Crippen LogP contribution in [0.4, 0.5) is 0 Å². The Kier molecular flexibility index (Phi) is 4.58. The number of hydrazone groups is 1. The van der Waals surface area contributed by atoms with Crippen molar-refractivity contribution in [3.8, 4) is 0 Å². The van der Waals surface area contributed by atoms with E-state index in [0.29, 0.717) is 11.7 Å². The average Bonchev–Trinajstić information content (AvgIpc) is 2.45. The quantitative estimate of drug-likeness (QED) is 0.387. The highest BCUT2D eigenvalue weighted by Gasteiger charge is 1.98. The van der Waals surface area contributed by atoms with Gasteiger partial charge in [0.05, 0.1) is 11.7 Å². The number of para-hydroxylation sites is 1. The highest BCUT2D eigenvalue weighted by atomic mass is 32.1. The molecule has 0 fully saturated rings. The molecule has 0 unspecified atom stereocenters. The van der Waals surface area contributed by atoms with Crippen LogP contribution < -0.4 is 10.7 Å². The largest absolute Gasteiger partial charge is 0.358 e. The molecule has 0 aliphatic heterocycles. The maximum Gasteiger partial charge on any atom is 0.187 e. The van der Waals surface area contributed by atoms with E-state index in [1.807, 2.05) is 30.3 Å². The van der Waals surface area contributed by atoms with Gasteiger partial charge in [-0.05, 0) is 24.4 Å². The van der Waals surface area contributed by atoms with E-state index in [1.54, 1.807) is 18.5 Å². The number of thiocarbonyl (C=S) groups is 1. The minimum Gasteiger partial charge on any atom is -0.358 e. The summed E-state index contributed by atoms with van der Waals surface area (Å²) in [7, 11) is 0. The minimum atomic E-state index is 0.467. The van der Waals surface area contributed by atoms with Crippen molar-refractivity contribution < 1.29 is 0 Å². The molecule has 1 aromatic carbocycles. The summed E-state index contributed by atoms with van der Waals surface area (Å²) in [6.45, 7) is 4.21. The summed E-state index contributed by atoms with van der Waals surface area (Å²) < 4.78 is 0. The third kappa shape index (κ3) is 3.59. The predicted molar refractivity (Wildman–Crippen MR) is 83.3 cm³/mol. The highest BCUT2D eigenvalue weighted by molar-refractivity contribution is 7.80. The van der Waals surface area contributed by atoms with Crippen LogP contribution in [-0.4, -0.2) is 22.9 Å². The zero-order valence-electron chi connectivity index (χ0n) is 10.3. The van der Waals surface area contributed by atoms with Crippen molar-refractivity contribution in [2.45, 2.75) is 0 Å². The molecular formula is C14H14N4S. The van der Waals surface area contributed by atoms with Gasteiger partial charge in [-0.15, -0.1) is 6.58 Å². The van der Waals surface area contributed by atoms with Gasteiger partial charge in [0.2, 0.25) is 0 Å². The fourth-order valence-corrected chi connectivity index (χ4v) is 1.73. The number of pyridine rings is 1. The van der Waals surface area contributed by atoms with Gasteiger partial charge in [0, 0.05) is 23.7 Å². The number of nitrogens with zero attached hydrogens (tertiary/aromatic N) is 2. The number of rotatable bonds is 4. The third-order valence-corrected chi connectivity index (χ3v) is 2.70. The van der Waals surface area contributed by atoms with E-state index in [1.165, 1.54) is 0 Å². The molecule has 5 heteroatoms. The molecule has 96 valence electrons. The molecule has 0 radical (unpaired) electrons. The summed E-state index contributed by atoms with van der Waals surface area (Å²) in [6.07, 6.45) is 5.22. The van der Waals surface area contributed by atoms with E-state index < -0.39 is 0 Å².